The molecule has 0 amide bonds. The van der Waals surface area contributed by atoms with Gasteiger partial charge < -0.3 is 5.11 Å². The first kappa shape index (κ1) is 25.6. The Morgan fingerprint density at radius 1 is 0.972 bits per heavy atom. The summed E-state index contributed by atoms with van der Waals surface area (Å²) in [5.41, 5.74) is 2.00. The van der Waals surface area contributed by atoms with E-state index in [2.05, 4.69) is 14.9 Å². The quantitative estimate of drug-likeness (QED) is 0.313. The third kappa shape index (κ3) is 6.01. The van der Waals surface area contributed by atoms with Gasteiger partial charge in [-0.1, -0.05) is 54.2 Å². The maximum Gasteiger partial charge on any atom is 0.335 e. The van der Waals surface area contributed by atoms with Crippen LogP contribution < -0.4 is 4.72 Å². The van der Waals surface area contributed by atoms with E-state index in [0.29, 0.717) is 22.3 Å². The molecule has 0 spiro atoms. The molecule has 2 N–H and O–H groups in total. The van der Waals surface area contributed by atoms with Crippen LogP contribution in [0.2, 0.25) is 0 Å². The molecule has 0 bridgehead atoms. The van der Waals surface area contributed by atoms with Crippen molar-refractivity contribution in [1.82, 2.24) is 19.5 Å². The molecule has 0 saturated heterocycles. The predicted octanol–water partition coefficient (Wildman–Crippen LogP) is 5.00. The van der Waals surface area contributed by atoms with E-state index in [-0.39, 0.29) is 10.5 Å². The molecule has 0 fully saturated rings. The zero-order valence-electron chi connectivity index (χ0n) is 20.0. The van der Waals surface area contributed by atoms with Crippen LogP contribution in [0.5, 0.6) is 0 Å². The van der Waals surface area contributed by atoms with E-state index in [9.17, 15) is 13.2 Å². The fourth-order valence-corrected chi connectivity index (χ4v) is 5.89. The second-order valence-electron chi connectivity index (χ2n) is 9.15. The van der Waals surface area contributed by atoms with Crippen LogP contribution in [0.4, 0.5) is 0 Å². The van der Waals surface area contributed by atoms with Crippen LogP contribution in [0.25, 0.3) is 17.1 Å². The molecule has 0 aliphatic heterocycles. The molecule has 1 aromatic heterocycles. The lowest BCUT2D eigenvalue weighted by molar-refractivity contribution is 0.0697. The molecule has 0 unspecified atom stereocenters. The van der Waals surface area contributed by atoms with Crippen molar-refractivity contribution in [2.75, 3.05) is 0 Å². The zero-order valence-corrected chi connectivity index (χ0v) is 21.7. The van der Waals surface area contributed by atoms with Gasteiger partial charge in [-0.15, -0.1) is 10.2 Å². The number of aromatic carboxylic acids is 1. The fourth-order valence-electron chi connectivity index (χ4n) is 3.52. The van der Waals surface area contributed by atoms with Gasteiger partial charge in [0.05, 0.1) is 10.5 Å². The standard InChI is InChI=1S/C26H26N4O4S2/c1-26(2,3)29-36(33,34)22-11-7-8-20(16-22)23-27-28-25(30(23)21-9-5-4-6-10-21)35-17-18-12-14-19(15-13-18)24(31)32/h4-16,29H,17H2,1-3H3,(H,31,32). The molecule has 4 aromatic rings. The first-order valence-corrected chi connectivity index (χ1v) is 13.6. The Balaban J connectivity index is 1.70. The van der Waals surface area contributed by atoms with Gasteiger partial charge in [0.15, 0.2) is 11.0 Å². The molecule has 10 heteroatoms. The smallest absolute Gasteiger partial charge is 0.335 e. The van der Waals surface area contributed by atoms with E-state index >= 15 is 0 Å². The largest absolute Gasteiger partial charge is 0.478 e. The number of nitrogens with zero attached hydrogens (tertiary/aromatic N) is 3. The molecule has 0 aliphatic carbocycles. The Morgan fingerprint density at radius 3 is 2.31 bits per heavy atom. The van der Waals surface area contributed by atoms with Gasteiger partial charge in [0.2, 0.25) is 10.0 Å². The summed E-state index contributed by atoms with van der Waals surface area (Å²) in [6.07, 6.45) is 0. The van der Waals surface area contributed by atoms with E-state index in [4.69, 9.17) is 5.11 Å². The van der Waals surface area contributed by atoms with E-state index in [1.54, 1.807) is 69.3 Å². The van der Waals surface area contributed by atoms with Gasteiger partial charge in [0.1, 0.15) is 0 Å². The van der Waals surface area contributed by atoms with Gasteiger partial charge in [-0.05, 0) is 62.7 Å². The number of carbonyl (C=O) groups is 1. The molecule has 0 aliphatic rings. The lowest BCUT2D eigenvalue weighted by Gasteiger charge is -2.20. The number of nitrogens with one attached hydrogen (secondary N) is 1. The third-order valence-electron chi connectivity index (χ3n) is 5.06. The van der Waals surface area contributed by atoms with Crippen LogP contribution in [-0.2, 0) is 15.8 Å². The number of aromatic nitrogens is 3. The highest BCUT2D eigenvalue weighted by atomic mass is 32.2. The van der Waals surface area contributed by atoms with Crippen molar-refractivity contribution >= 4 is 27.8 Å². The average Bonchev–Trinajstić information content (AvgIpc) is 3.26. The molecule has 0 atom stereocenters. The number of hydrogen-bond donors (Lipinski definition) is 2. The van der Waals surface area contributed by atoms with Gasteiger partial charge in [-0.25, -0.2) is 17.9 Å². The SMILES string of the molecule is CC(C)(C)NS(=O)(=O)c1cccc(-c2nnc(SCc3ccc(C(=O)O)cc3)n2-c2ccccc2)c1. The van der Waals surface area contributed by atoms with Crippen LogP contribution in [0, 0.1) is 0 Å². The van der Waals surface area contributed by atoms with Crippen molar-refractivity contribution in [3.63, 3.8) is 0 Å². The summed E-state index contributed by atoms with van der Waals surface area (Å²) < 4.78 is 30.4. The summed E-state index contributed by atoms with van der Waals surface area (Å²) in [5, 5.41) is 18.5. The van der Waals surface area contributed by atoms with Crippen molar-refractivity contribution in [3.8, 4) is 17.1 Å². The van der Waals surface area contributed by atoms with Gasteiger partial charge in [-0.2, -0.15) is 0 Å². The first-order valence-electron chi connectivity index (χ1n) is 11.1. The molecular formula is C26H26N4O4S2. The average molecular weight is 523 g/mol. The normalized spacial score (nSPS) is 12.0. The molecule has 8 nitrogen and oxygen atoms in total. The van der Waals surface area contributed by atoms with Crippen LogP contribution in [0.3, 0.4) is 0 Å². The van der Waals surface area contributed by atoms with Crippen molar-refractivity contribution in [1.29, 1.82) is 0 Å². The van der Waals surface area contributed by atoms with Gasteiger partial charge in [0.25, 0.3) is 0 Å². The number of benzene rings is 3. The molecule has 4 rings (SSSR count). The number of para-hydroxylation sites is 1. The number of carboxylic acids is 1. The van der Waals surface area contributed by atoms with E-state index in [1.165, 1.54) is 11.8 Å². The van der Waals surface area contributed by atoms with Crippen molar-refractivity contribution < 1.29 is 18.3 Å². The molecule has 0 radical (unpaired) electrons. The number of thioether (sulfide) groups is 1. The lowest BCUT2D eigenvalue weighted by atomic mass is 10.1. The molecule has 0 saturated carbocycles. The highest BCUT2D eigenvalue weighted by Gasteiger charge is 2.23. The summed E-state index contributed by atoms with van der Waals surface area (Å²) in [4.78, 5) is 11.3. The Kier molecular flexibility index (Phi) is 7.30. The molecule has 3 aromatic carbocycles. The van der Waals surface area contributed by atoms with E-state index < -0.39 is 21.5 Å². The van der Waals surface area contributed by atoms with Crippen LogP contribution in [0.1, 0.15) is 36.7 Å². The maximum absolute atomic E-state index is 12.9. The summed E-state index contributed by atoms with van der Waals surface area (Å²) in [6, 6.07) is 22.9. The zero-order chi connectivity index (χ0) is 25.9. The predicted molar refractivity (Wildman–Crippen MR) is 140 cm³/mol. The molecule has 1 heterocycles. The van der Waals surface area contributed by atoms with E-state index in [1.807, 2.05) is 34.9 Å². The second kappa shape index (κ2) is 10.3. The summed E-state index contributed by atoms with van der Waals surface area (Å²) >= 11 is 1.45. The van der Waals surface area contributed by atoms with Crippen molar-refractivity contribution in [2.45, 2.75) is 42.1 Å². The molecule has 36 heavy (non-hydrogen) atoms. The number of carboxylic acid groups (broad SMARTS) is 1. The molecule has 186 valence electrons. The molecular weight excluding hydrogens is 496 g/mol. The van der Waals surface area contributed by atoms with Crippen molar-refractivity contribution in [3.05, 3.63) is 90.0 Å². The summed E-state index contributed by atoms with van der Waals surface area (Å²) in [7, 11) is -3.73. The minimum absolute atomic E-state index is 0.144. The second-order valence-corrected chi connectivity index (χ2v) is 11.8. The highest BCUT2D eigenvalue weighted by Crippen LogP contribution is 2.31. The van der Waals surface area contributed by atoms with Crippen molar-refractivity contribution in [2.24, 2.45) is 0 Å². The number of sulfonamides is 1. The van der Waals surface area contributed by atoms with Crippen LogP contribution >= 0.6 is 11.8 Å². The Morgan fingerprint density at radius 2 is 1.67 bits per heavy atom. The lowest BCUT2D eigenvalue weighted by Crippen LogP contribution is -2.40. The van der Waals surface area contributed by atoms with E-state index in [0.717, 1.165) is 11.3 Å². The minimum Gasteiger partial charge on any atom is -0.478 e. The first-order chi connectivity index (χ1) is 17.0. The minimum atomic E-state index is -3.73. The van der Waals surface area contributed by atoms with Crippen LogP contribution in [-0.4, -0.2) is 39.8 Å². The maximum atomic E-state index is 12.9. The fraction of sp³-hybridized carbons (Fsp3) is 0.192. The van der Waals surface area contributed by atoms with Gasteiger partial charge in [0, 0.05) is 22.5 Å². The Bertz CT molecular complexity index is 1480. The number of hydrogen-bond acceptors (Lipinski definition) is 6. The van der Waals surface area contributed by atoms with Crippen LogP contribution in [0.15, 0.2) is 88.9 Å². The Labute approximate surface area is 214 Å². The highest BCUT2D eigenvalue weighted by molar-refractivity contribution is 7.98. The summed E-state index contributed by atoms with van der Waals surface area (Å²) in [6.45, 7) is 5.37. The third-order valence-corrected chi connectivity index (χ3v) is 7.82. The van der Waals surface area contributed by atoms with Gasteiger partial charge >= 0.3 is 5.97 Å². The number of rotatable bonds is 8. The summed E-state index contributed by atoms with van der Waals surface area (Å²) in [5.74, 6) is 0.0942. The monoisotopic (exact) mass is 522 g/mol. The van der Waals surface area contributed by atoms with Gasteiger partial charge in [-0.3, -0.25) is 4.57 Å². The Hall–Kier alpha value is -3.47. The topological polar surface area (TPSA) is 114 Å².